The van der Waals surface area contributed by atoms with Crippen molar-refractivity contribution in [3.05, 3.63) is 52.0 Å². The fraction of sp³-hybridized carbons (Fsp3) is 0.188. The quantitative estimate of drug-likeness (QED) is 0.773. The van der Waals surface area contributed by atoms with Gasteiger partial charge in [0.1, 0.15) is 10.6 Å². The molecule has 2 N–H and O–H groups in total. The van der Waals surface area contributed by atoms with Gasteiger partial charge in [-0.05, 0) is 30.3 Å². The summed E-state index contributed by atoms with van der Waals surface area (Å²) in [6, 6.07) is 8.90. The lowest BCUT2D eigenvalue weighted by Crippen LogP contribution is -2.24. The predicted octanol–water partition coefficient (Wildman–Crippen LogP) is 3.55. The molecule has 0 unspecified atom stereocenters. The van der Waals surface area contributed by atoms with Crippen LogP contribution in [0.1, 0.15) is 17.3 Å². The molecule has 0 heterocycles. The number of hydrogen-bond donors (Lipinski definition) is 2. The minimum absolute atomic E-state index is 0.119. The van der Waals surface area contributed by atoms with E-state index in [2.05, 4.69) is 10.0 Å². The Balaban J connectivity index is 2.41. The van der Waals surface area contributed by atoms with E-state index in [1.54, 1.807) is 25.1 Å². The topological polar surface area (TPSA) is 84.5 Å². The van der Waals surface area contributed by atoms with E-state index in [-0.39, 0.29) is 38.5 Å². The molecule has 0 spiro atoms. The highest BCUT2D eigenvalue weighted by Gasteiger charge is 2.21. The van der Waals surface area contributed by atoms with Crippen LogP contribution < -0.4 is 14.8 Å². The number of nitrogens with one attached hydrogen (secondary N) is 2. The van der Waals surface area contributed by atoms with Crippen molar-refractivity contribution in [3.63, 3.8) is 0 Å². The molecule has 0 bridgehead atoms. The maximum Gasteiger partial charge on any atom is 0.255 e. The Morgan fingerprint density at radius 3 is 2.36 bits per heavy atom. The summed E-state index contributed by atoms with van der Waals surface area (Å²) in [6.45, 7) is 1.86. The lowest BCUT2D eigenvalue weighted by molar-refractivity contribution is 0.102. The van der Waals surface area contributed by atoms with Gasteiger partial charge in [-0.3, -0.25) is 4.79 Å². The van der Waals surface area contributed by atoms with Crippen LogP contribution in [0.4, 0.5) is 5.69 Å². The van der Waals surface area contributed by atoms with Gasteiger partial charge in [0, 0.05) is 12.1 Å². The first-order valence-corrected chi connectivity index (χ1v) is 9.47. The summed E-state index contributed by atoms with van der Waals surface area (Å²) < 4.78 is 32.0. The van der Waals surface area contributed by atoms with E-state index in [0.29, 0.717) is 0 Å². The standard InChI is InChI=1S/C16H16Cl2N2O4S/c1-3-19-25(22,23)14-9-10(7-8-13(14)24-2)16(21)20-15-11(17)5-4-6-12(15)18/h4-9,19H,3H2,1-2H3,(H,20,21). The molecule has 0 radical (unpaired) electrons. The van der Waals surface area contributed by atoms with Crippen LogP contribution >= 0.6 is 23.2 Å². The van der Waals surface area contributed by atoms with Gasteiger partial charge in [-0.15, -0.1) is 0 Å². The van der Waals surface area contributed by atoms with Crippen molar-refractivity contribution in [2.75, 3.05) is 19.0 Å². The van der Waals surface area contributed by atoms with E-state index in [1.165, 1.54) is 25.3 Å². The smallest absolute Gasteiger partial charge is 0.255 e. The molecule has 0 aliphatic carbocycles. The van der Waals surface area contributed by atoms with Gasteiger partial charge in [-0.25, -0.2) is 13.1 Å². The van der Waals surface area contributed by atoms with Gasteiger partial charge in [-0.1, -0.05) is 36.2 Å². The van der Waals surface area contributed by atoms with E-state index in [4.69, 9.17) is 27.9 Å². The normalized spacial score (nSPS) is 11.2. The Morgan fingerprint density at radius 2 is 1.80 bits per heavy atom. The largest absolute Gasteiger partial charge is 0.495 e. The van der Waals surface area contributed by atoms with Crippen molar-refractivity contribution in [2.24, 2.45) is 0 Å². The van der Waals surface area contributed by atoms with Crippen LogP contribution in [0.3, 0.4) is 0 Å². The summed E-state index contributed by atoms with van der Waals surface area (Å²) in [5, 5.41) is 3.13. The molecule has 25 heavy (non-hydrogen) atoms. The average Bonchev–Trinajstić information content (AvgIpc) is 2.57. The zero-order valence-corrected chi connectivity index (χ0v) is 15.8. The third-order valence-corrected chi connectivity index (χ3v) is 5.45. The molecule has 0 aliphatic heterocycles. The summed E-state index contributed by atoms with van der Waals surface area (Å²) >= 11 is 12.1. The summed E-state index contributed by atoms with van der Waals surface area (Å²) in [7, 11) is -2.45. The Kier molecular flexibility index (Phi) is 6.29. The Hall–Kier alpha value is -1.80. The number of carbonyl (C=O) groups excluding carboxylic acids is 1. The predicted molar refractivity (Wildman–Crippen MR) is 98.3 cm³/mol. The SMILES string of the molecule is CCNS(=O)(=O)c1cc(C(=O)Nc2c(Cl)cccc2Cl)ccc1OC. The van der Waals surface area contributed by atoms with Gasteiger partial charge < -0.3 is 10.1 Å². The number of anilines is 1. The molecule has 2 aromatic carbocycles. The molecule has 134 valence electrons. The number of halogens is 2. The van der Waals surface area contributed by atoms with E-state index in [9.17, 15) is 13.2 Å². The highest BCUT2D eigenvalue weighted by molar-refractivity contribution is 7.89. The number of sulfonamides is 1. The first-order valence-electron chi connectivity index (χ1n) is 7.23. The minimum Gasteiger partial charge on any atom is -0.495 e. The number of methoxy groups -OCH3 is 1. The molecule has 9 heteroatoms. The van der Waals surface area contributed by atoms with Gasteiger partial charge in [0.2, 0.25) is 10.0 Å². The molecular formula is C16H16Cl2N2O4S. The van der Waals surface area contributed by atoms with Crippen molar-refractivity contribution in [3.8, 4) is 5.75 Å². The Morgan fingerprint density at radius 1 is 1.16 bits per heavy atom. The molecule has 0 atom stereocenters. The summed E-state index contributed by atoms with van der Waals surface area (Å²) in [5.41, 5.74) is 0.371. The van der Waals surface area contributed by atoms with Gasteiger partial charge >= 0.3 is 0 Å². The van der Waals surface area contributed by atoms with E-state index in [1.807, 2.05) is 0 Å². The van der Waals surface area contributed by atoms with Crippen molar-refractivity contribution in [1.82, 2.24) is 4.72 Å². The minimum atomic E-state index is -3.81. The number of rotatable bonds is 6. The molecule has 2 aromatic rings. The van der Waals surface area contributed by atoms with Crippen molar-refractivity contribution in [1.29, 1.82) is 0 Å². The molecule has 2 rings (SSSR count). The highest BCUT2D eigenvalue weighted by Crippen LogP contribution is 2.31. The lowest BCUT2D eigenvalue weighted by Gasteiger charge is -2.13. The van der Waals surface area contributed by atoms with Crippen LogP contribution in [0.2, 0.25) is 10.0 Å². The maximum atomic E-state index is 12.5. The Bertz CT molecular complexity index is 881. The fourth-order valence-electron chi connectivity index (χ4n) is 2.10. The molecule has 0 aromatic heterocycles. The van der Waals surface area contributed by atoms with Crippen LogP contribution in [0.15, 0.2) is 41.3 Å². The first-order chi connectivity index (χ1) is 11.8. The molecule has 0 saturated heterocycles. The number of carbonyl (C=O) groups is 1. The third-order valence-electron chi connectivity index (χ3n) is 3.25. The zero-order valence-electron chi connectivity index (χ0n) is 13.5. The summed E-state index contributed by atoms with van der Waals surface area (Å²) in [5.74, 6) is -0.418. The van der Waals surface area contributed by atoms with Crippen LogP contribution in [-0.2, 0) is 10.0 Å². The Labute approximate surface area is 156 Å². The summed E-state index contributed by atoms with van der Waals surface area (Å²) in [4.78, 5) is 12.3. The fourth-order valence-corrected chi connectivity index (χ4v) is 3.82. The maximum absolute atomic E-state index is 12.5. The average molecular weight is 403 g/mol. The second-order valence-corrected chi connectivity index (χ2v) is 7.47. The molecule has 6 nitrogen and oxygen atoms in total. The van der Waals surface area contributed by atoms with Crippen LogP contribution in [0.5, 0.6) is 5.75 Å². The van der Waals surface area contributed by atoms with E-state index >= 15 is 0 Å². The van der Waals surface area contributed by atoms with E-state index in [0.717, 1.165) is 0 Å². The zero-order chi connectivity index (χ0) is 18.6. The monoisotopic (exact) mass is 402 g/mol. The van der Waals surface area contributed by atoms with Crippen molar-refractivity contribution >= 4 is 44.8 Å². The van der Waals surface area contributed by atoms with Crippen LogP contribution in [-0.4, -0.2) is 28.0 Å². The number of hydrogen-bond acceptors (Lipinski definition) is 4. The van der Waals surface area contributed by atoms with Gasteiger partial charge in [0.05, 0.1) is 22.8 Å². The van der Waals surface area contributed by atoms with E-state index < -0.39 is 15.9 Å². The van der Waals surface area contributed by atoms with Crippen molar-refractivity contribution in [2.45, 2.75) is 11.8 Å². The summed E-state index contributed by atoms with van der Waals surface area (Å²) in [6.07, 6.45) is 0. The third kappa shape index (κ3) is 4.43. The number of amides is 1. The van der Waals surface area contributed by atoms with Crippen LogP contribution in [0, 0.1) is 0 Å². The molecule has 0 saturated carbocycles. The lowest BCUT2D eigenvalue weighted by atomic mass is 10.2. The number of benzene rings is 2. The number of para-hydroxylation sites is 1. The van der Waals surface area contributed by atoms with Crippen LogP contribution in [0.25, 0.3) is 0 Å². The van der Waals surface area contributed by atoms with Gasteiger partial charge in [-0.2, -0.15) is 0 Å². The molecular weight excluding hydrogens is 387 g/mol. The van der Waals surface area contributed by atoms with Gasteiger partial charge in [0.15, 0.2) is 0 Å². The number of ether oxygens (including phenoxy) is 1. The highest BCUT2D eigenvalue weighted by atomic mass is 35.5. The van der Waals surface area contributed by atoms with Crippen molar-refractivity contribution < 1.29 is 17.9 Å². The second kappa shape index (κ2) is 8.05. The molecule has 0 aliphatic rings. The first kappa shape index (κ1) is 19.5. The molecule has 1 amide bonds. The van der Waals surface area contributed by atoms with Gasteiger partial charge in [0.25, 0.3) is 5.91 Å². The molecule has 0 fully saturated rings. The second-order valence-electron chi connectivity index (χ2n) is 4.92.